The molecule has 1 rings (SSSR count). The number of amides is 1. The van der Waals surface area contributed by atoms with Gasteiger partial charge in [0, 0.05) is 16.7 Å². The van der Waals surface area contributed by atoms with E-state index in [4.69, 9.17) is 10.8 Å². The number of unbranched alkanes of at least 4 members (excludes halogenated alkanes) is 1. The van der Waals surface area contributed by atoms with Crippen LogP contribution in [0.1, 0.15) is 40.5 Å². The number of anilines is 1. The summed E-state index contributed by atoms with van der Waals surface area (Å²) in [4.78, 5) is 22.3. The van der Waals surface area contributed by atoms with Crippen molar-refractivity contribution in [3.05, 3.63) is 27.7 Å². The van der Waals surface area contributed by atoms with E-state index in [1.54, 1.807) is 0 Å². The van der Waals surface area contributed by atoms with Gasteiger partial charge in [-0.25, -0.2) is 4.79 Å². The Morgan fingerprint density at radius 2 is 2.06 bits per heavy atom. The number of benzene rings is 1. The van der Waals surface area contributed by atoms with Crippen molar-refractivity contribution in [3.8, 4) is 0 Å². The highest BCUT2D eigenvalue weighted by molar-refractivity contribution is 9.10. The largest absolute Gasteiger partial charge is 0.478 e. The molecule has 5 nitrogen and oxygen atoms in total. The van der Waals surface area contributed by atoms with Crippen molar-refractivity contribution < 1.29 is 14.7 Å². The van der Waals surface area contributed by atoms with Crippen LogP contribution in [-0.4, -0.2) is 23.5 Å². The van der Waals surface area contributed by atoms with E-state index in [0.717, 1.165) is 12.8 Å². The minimum atomic E-state index is -1.06. The molecule has 0 aromatic heterocycles. The average Bonchev–Trinajstić information content (AvgIpc) is 2.30. The van der Waals surface area contributed by atoms with E-state index < -0.39 is 11.9 Å². The van der Waals surface area contributed by atoms with Gasteiger partial charge >= 0.3 is 5.97 Å². The number of carbonyl (C=O) groups excluding carboxylic acids is 1. The first kappa shape index (κ1) is 14.5. The molecule has 0 aliphatic carbocycles. The average molecular weight is 315 g/mol. The molecule has 0 aliphatic heterocycles. The molecule has 4 N–H and O–H groups in total. The van der Waals surface area contributed by atoms with E-state index in [1.807, 2.05) is 6.92 Å². The topological polar surface area (TPSA) is 92.4 Å². The fourth-order valence-electron chi connectivity index (χ4n) is 1.49. The first-order valence-electron chi connectivity index (χ1n) is 5.57. The van der Waals surface area contributed by atoms with Crippen LogP contribution >= 0.6 is 15.9 Å². The first-order valence-corrected chi connectivity index (χ1v) is 6.37. The predicted molar refractivity (Wildman–Crippen MR) is 73.0 cm³/mol. The van der Waals surface area contributed by atoms with E-state index in [0.29, 0.717) is 16.7 Å². The highest BCUT2D eigenvalue weighted by Crippen LogP contribution is 2.25. The zero-order chi connectivity index (χ0) is 13.7. The molecule has 1 amide bonds. The molecule has 1 aromatic rings. The molecule has 0 atom stereocenters. The Kier molecular flexibility index (Phi) is 5.15. The second-order valence-corrected chi connectivity index (χ2v) is 4.68. The number of hydrogen-bond donors (Lipinski definition) is 3. The molecule has 0 unspecified atom stereocenters. The molecule has 0 aliphatic rings. The zero-order valence-electron chi connectivity index (χ0n) is 10.00. The maximum atomic E-state index is 11.3. The van der Waals surface area contributed by atoms with Crippen molar-refractivity contribution in [1.82, 2.24) is 0 Å². The van der Waals surface area contributed by atoms with Crippen LogP contribution in [0.3, 0.4) is 0 Å². The van der Waals surface area contributed by atoms with E-state index >= 15 is 0 Å². The second kappa shape index (κ2) is 6.39. The standard InChI is InChI=1S/C12H15BrN2O3/c1-2-3-4-15-10-6-7(12(17)18)9(13)5-8(10)11(14)16/h5-6,15H,2-4H2,1H3,(H2,14,16)(H,17,18). The molecule has 0 spiro atoms. The van der Waals surface area contributed by atoms with Crippen molar-refractivity contribution in [2.45, 2.75) is 19.8 Å². The number of primary amides is 1. The SMILES string of the molecule is CCCCNc1cc(C(=O)O)c(Br)cc1C(N)=O. The number of rotatable bonds is 6. The fourth-order valence-corrected chi connectivity index (χ4v) is 2.00. The molecule has 98 valence electrons. The van der Waals surface area contributed by atoms with Crippen LogP contribution in [0.25, 0.3) is 0 Å². The van der Waals surface area contributed by atoms with Crippen LogP contribution in [-0.2, 0) is 0 Å². The Balaban J connectivity index is 3.14. The summed E-state index contributed by atoms with van der Waals surface area (Å²) in [6, 6.07) is 2.85. The molecule has 0 saturated carbocycles. The lowest BCUT2D eigenvalue weighted by atomic mass is 10.1. The van der Waals surface area contributed by atoms with E-state index in [1.165, 1.54) is 12.1 Å². The van der Waals surface area contributed by atoms with Crippen molar-refractivity contribution in [2.75, 3.05) is 11.9 Å². The Labute approximate surface area is 113 Å². The number of nitrogens with two attached hydrogens (primary N) is 1. The third kappa shape index (κ3) is 3.46. The summed E-state index contributed by atoms with van der Waals surface area (Å²) in [7, 11) is 0. The lowest BCUT2D eigenvalue weighted by Crippen LogP contribution is -2.16. The maximum absolute atomic E-state index is 11.3. The van der Waals surface area contributed by atoms with Crippen LogP contribution in [0.2, 0.25) is 0 Å². The highest BCUT2D eigenvalue weighted by Gasteiger charge is 2.16. The highest BCUT2D eigenvalue weighted by atomic mass is 79.9. The normalized spacial score (nSPS) is 10.1. The Morgan fingerprint density at radius 1 is 1.39 bits per heavy atom. The van der Waals surface area contributed by atoms with Crippen LogP contribution in [0, 0.1) is 0 Å². The third-order valence-corrected chi connectivity index (χ3v) is 3.10. The van der Waals surface area contributed by atoms with E-state index in [9.17, 15) is 9.59 Å². The molecule has 0 radical (unpaired) electrons. The summed E-state index contributed by atoms with van der Waals surface area (Å²) in [6.45, 7) is 2.71. The molecule has 0 bridgehead atoms. The van der Waals surface area contributed by atoms with Crippen molar-refractivity contribution in [2.24, 2.45) is 5.73 Å². The van der Waals surface area contributed by atoms with Gasteiger partial charge in [0.05, 0.1) is 11.1 Å². The van der Waals surface area contributed by atoms with Crippen LogP contribution in [0.15, 0.2) is 16.6 Å². The Morgan fingerprint density at radius 3 is 2.56 bits per heavy atom. The van der Waals surface area contributed by atoms with Crippen molar-refractivity contribution in [3.63, 3.8) is 0 Å². The van der Waals surface area contributed by atoms with E-state index in [2.05, 4.69) is 21.2 Å². The summed E-state index contributed by atoms with van der Waals surface area (Å²) < 4.78 is 0.338. The summed E-state index contributed by atoms with van der Waals surface area (Å²) in [5.74, 6) is -1.65. The van der Waals surface area contributed by atoms with Gasteiger partial charge in [-0.3, -0.25) is 4.79 Å². The fraction of sp³-hybridized carbons (Fsp3) is 0.333. The number of carboxylic acid groups (broad SMARTS) is 1. The minimum Gasteiger partial charge on any atom is -0.478 e. The quantitative estimate of drug-likeness (QED) is 0.703. The lowest BCUT2D eigenvalue weighted by molar-refractivity contribution is 0.0695. The number of hydrogen-bond acceptors (Lipinski definition) is 3. The summed E-state index contributed by atoms with van der Waals surface area (Å²) in [5, 5.41) is 12.1. The van der Waals surface area contributed by atoms with Crippen LogP contribution in [0.5, 0.6) is 0 Å². The second-order valence-electron chi connectivity index (χ2n) is 3.83. The van der Waals surface area contributed by atoms with Gasteiger partial charge in [0.25, 0.3) is 5.91 Å². The van der Waals surface area contributed by atoms with Gasteiger partial charge < -0.3 is 16.2 Å². The van der Waals surface area contributed by atoms with Gasteiger partial charge in [-0.15, -0.1) is 0 Å². The molecule has 6 heteroatoms. The molecular weight excluding hydrogens is 300 g/mol. The molecule has 0 heterocycles. The zero-order valence-corrected chi connectivity index (χ0v) is 11.6. The summed E-state index contributed by atoms with van der Waals surface area (Å²) in [5.41, 5.74) is 6.10. The summed E-state index contributed by atoms with van der Waals surface area (Å²) in [6.07, 6.45) is 1.93. The Bertz CT molecular complexity index is 475. The first-order chi connectivity index (χ1) is 8.47. The van der Waals surface area contributed by atoms with Gasteiger partial charge in [-0.1, -0.05) is 13.3 Å². The number of nitrogens with one attached hydrogen (secondary N) is 1. The van der Waals surface area contributed by atoms with Gasteiger partial charge in [0.15, 0.2) is 0 Å². The van der Waals surface area contributed by atoms with Crippen LogP contribution < -0.4 is 11.1 Å². The number of aromatic carboxylic acids is 1. The number of carboxylic acids is 1. The third-order valence-electron chi connectivity index (χ3n) is 2.45. The molecule has 0 fully saturated rings. The summed E-state index contributed by atoms with van der Waals surface area (Å²) >= 11 is 3.12. The van der Waals surface area contributed by atoms with Gasteiger partial charge in [-0.2, -0.15) is 0 Å². The predicted octanol–water partition coefficient (Wildman–Crippen LogP) is 2.46. The number of carbonyl (C=O) groups is 2. The lowest BCUT2D eigenvalue weighted by Gasteiger charge is -2.12. The Hall–Kier alpha value is -1.56. The monoisotopic (exact) mass is 314 g/mol. The van der Waals surface area contributed by atoms with Gasteiger partial charge in [-0.05, 0) is 34.5 Å². The van der Waals surface area contributed by atoms with Gasteiger partial charge in [0.2, 0.25) is 0 Å². The smallest absolute Gasteiger partial charge is 0.336 e. The number of halogens is 1. The molecular formula is C12H15BrN2O3. The van der Waals surface area contributed by atoms with Gasteiger partial charge in [0.1, 0.15) is 0 Å². The van der Waals surface area contributed by atoms with Crippen LogP contribution in [0.4, 0.5) is 5.69 Å². The maximum Gasteiger partial charge on any atom is 0.336 e. The minimum absolute atomic E-state index is 0.0963. The molecule has 18 heavy (non-hydrogen) atoms. The van der Waals surface area contributed by atoms with Crippen molar-refractivity contribution in [1.29, 1.82) is 0 Å². The molecule has 1 aromatic carbocycles. The molecule has 0 saturated heterocycles. The van der Waals surface area contributed by atoms with Crippen molar-refractivity contribution >= 4 is 33.5 Å². The van der Waals surface area contributed by atoms with E-state index in [-0.39, 0.29) is 11.1 Å².